The Morgan fingerprint density at radius 1 is 1.41 bits per heavy atom. The molecule has 1 fully saturated rings. The molecular weight excluding hydrogens is 309 g/mol. The Hall–Kier alpha value is -1.82. The summed E-state index contributed by atoms with van der Waals surface area (Å²) in [5.41, 5.74) is 0.451. The minimum absolute atomic E-state index is 0.0362. The Morgan fingerprint density at radius 3 is 2.77 bits per heavy atom. The van der Waals surface area contributed by atoms with Crippen LogP contribution in [0.1, 0.15) is 12.8 Å². The highest BCUT2D eigenvalue weighted by molar-refractivity contribution is 6.31. The smallest absolute Gasteiger partial charge is 0.319 e. The first-order valence-electron chi connectivity index (χ1n) is 7.10. The molecule has 1 aliphatic heterocycles. The van der Waals surface area contributed by atoms with Crippen molar-refractivity contribution < 1.29 is 14.0 Å². The molecule has 22 heavy (non-hydrogen) atoms. The molecule has 1 saturated heterocycles. The van der Waals surface area contributed by atoms with E-state index in [4.69, 9.17) is 11.6 Å². The molecule has 0 saturated carbocycles. The zero-order chi connectivity index (χ0) is 16.3. The summed E-state index contributed by atoms with van der Waals surface area (Å²) in [5, 5.41) is 2.69. The molecule has 0 aliphatic carbocycles. The number of hydrogen-bond donors (Lipinski definition) is 1. The summed E-state index contributed by atoms with van der Waals surface area (Å²) in [6.45, 7) is 1.04. The van der Waals surface area contributed by atoms with Crippen molar-refractivity contribution in [2.45, 2.75) is 12.8 Å². The first-order valence-corrected chi connectivity index (χ1v) is 7.48. The second-order valence-corrected chi connectivity index (χ2v) is 5.99. The lowest BCUT2D eigenvalue weighted by Crippen LogP contribution is -2.47. The summed E-state index contributed by atoms with van der Waals surface area (Å²) in [7, 11) is 3.37. The third-order valence-electron chi connectivity index (χ3n) is 3.63. The Bertz CT molecular complexity index is 580. The van der Waals surface area contributed by atoms with Crippen molar-refractivity contribution in [1.82, 2.24) is 9.80 Å². The van der Waals surface area contributed by atoms with Crippen LogP contribution in [0.3, 0.4) is 0 Å². The molecule has 1 aromatic rings. The molecule has 3 amide bonds. The van der Waals surface area contributed by atoms with E-state index in [2.05, 4.69) is 5.32 Å². The number of likely N-dealkylation sites (tertiary alicyclic amines) is 1. The number of rotatable bonds is 2. The van der Waals surface area contributed by atoms with Crippen LogP contribution in [0.4, 0.5) is 14.9 Å². The van der Waals surface area contributed by atoms with E-state index in [-0.39, 0.29) is 22.9 Å². The summed E-state index contributed by atoms with van der Waals surface area (Å²) in [4.78, 5) is 27.4. The number of nitrogens with zero attached hydrogens (tertiary/aromatic N) is 2. The molecule has 120 valence electrons. The number of benzene rings is 1. The highest BCUT2D eigenvalue weighted by Gasteiger charge is 2.29. The van der Waals surface area contributed by atoms with Crippen molar-refractivity contribution in [2.24, 2.45) is 5.92 Å². The maximum atomic E-state index is 13.1. The number of amides is 3. The fraction of sp³-hybridized carbons (Fsp3) is 0.467. The minimum Gasteiger partial charge on any atom is -0.331 e. The summed E-state index contributed by atoms with van der Waals surface area (Å²) in [5.74, 6) is -0.986. The molecule has 0 aromatic heterocycles. The summed E-state index contributed by atoms with van der Waals surface area (Å²) < 4.78 is 13.1. The van der Waals surface area contributed by atoms with Crippen LogP contribution in [0.5, 0.6) is 0 Å². The standard InChI is InChI=1S/C15H19ClFN3O2/c1-19(2)15(22)20-7-3-4-10(9-20)14(21)18-11-5-6-13(17)12(16)8-11/h5-6,8,10H,3-4,7,9H2,1-2H3,(H,18,21). The number of halogens is 2. The Kier molecular flexibility index (Phi) is 5.24. The number of carbonyl (C=O) groups excluding carboxylic acids is 2. The number of urea groups is 1. The molecule has 1 unspecified atom stereocenters. The first kappa shape index (κ1) is 16.5. The first-order chi connectivity index (χ1) is 10.4. The quantitative estimate of drug-likeness (QED) is 0.908. The van der Waals surface area contributed by atoms with Gasteiger partial charge in [0.1, 0.15) is 5.82 Å². The van der Waals surface area contributed by atoms with Gasteiger partial charge in [0.05, 0.1) is 10.9 Å². The average Bonchev–Trinajstić information content (AvgIpc) is 2.50. The van der Waals surface area contributed by atoms with Crippen LogP contribution in [-0.2, 0) is 4.79 Å². The van der Waals surface area contributed by atoms with Gasteiger partial charge in [0, 0.05) is 32.9 Å². The molecule has 1 atom stereocenters. The largest absolute Gasteiger partial charge is 0.331 e. The van der Waals surface area contributed by atoms with Crippen LogP contribution >= 0.6 is 11.6 Å². The van der Waals surface area contributed by atoms with Gasteiger partial charge in [-0.05, 0) is 31.0 Å². The predicted molar refractivity (Wildman–Crippen MR) is 83.4 cm³/mol. The molecule has 0 spiro atoms. The number of piperidine rings is 1. The molecular formula is C15H19ClFN3O2. The maximum Gasteiger partial charge on any atom is 0.319 e. The van der Waals surface area contributed by atoms with Gasteiger partial charge in [0.25, 0.3) is 0 Å². The van der Waals surface area contributed by atoms with Crippen LogP contribution in [0.15, 0.2) is 18.2 Å². The molecule has 5 nitrogen and oxygen atoms in total. The molecule has 0 radical (unpaired) electrons. The lowest BCUT2D eigenvalue weighted by molar-refractivity contribution is -0.121. The van der Waals surface area contributed by atoms with Crippen molar-refractivity contribution >= 4 is 29.2 Å². The van der Waals surface area contributed by atoms with Gasteiger partial charge in [-0.25, -0.2) is 9.18 Å². The lowest BCUT2D eigenvalue weighted by Gasteiger charge is -2.33. The van der Waals surface area contributed by atoms with E-state index in [9.17, 15) is 14.0 Å². The van der Waals surface area contributed by atoms with Crippen molar-refractivity contribution in [2.75, 3.05) is 32.5 Å². The number of anilines is 1. The highest BCUT2D eigenvalue weighted by Crippen LogP contribution is 2.22. The van der Waals surface area contributed by atoms with E-state index in [1.54, 1.807) is 19.0 Å². The summed E-state index contributed by atoms with van der Waals surface area (Å²) in [6, 6.07) is 3.95. The van der Waals surface area contributed by atoms with Crippen LogP contribution in [-0.4, -0.2) is 48.9 Å². The van der Waals surface area contributed by atoms with Crippen molar-refractivity contribution in [3.8, 4) is 0 Å². The Labute approximate surface area is 134 Å². The number of hydrogen-bond acceptors (Lipinski definition) is 2. The van der Waals surface area contributed by atoms with Gasteiger partial charge >= 0.3 is 6.03 Å². The molecule has 1 heterocycles. The van der Waals surface area contributed by atoms with Gasteiger partial charge < -0.3 is 15.1 Å². The Balaban J connectivity index is 1.99. The molecule has 1 aromatic carbocycles. The van der Waals surface area contributed by atoms with E-state index in [0.29, 0.717) is 18.8 Å². The van der Waals surface area contributed by atoms with Gasteiger partial charge in [-0.1, -0.05) is 11.6 Å². The van der Waals surface area contributed by atoms with Gasteiger partial charge in [0.2, 0.25) is 5.91 Å². The monoisotopic (exact) mass is 327 g/mol. The second-order valence-electron chi connectivity index (χ2n) is 5.58. The topological polar surface area (TPSA) is 52.7 Å². The van der Waals surface area contributed by atoms with Crippen molar-refractivity contribution in [3.63, 3.8) is 0 Å². The van der Waals surface area contributed by atoms with E-state index in [0.717, 1.165) is 12.8 Å². The number of carbonyl (C=O) groups is 2. The Morgan fingerprint density at radius 2 is 2.14 bits per heavy atom. The normalized spacial score (nSPS) is 18.0. The molecule has 7 heteroatoms. The van der Waals surface area contributed by atoms with E-state index in [1.807, 2.05) is 0 Å². The van der Waals surface area contributed by atoms with Gasteiger partial charge in [-0.3, -0.25) is 4.79 Å². The van der Waals surface area contributed by atoms with E-state index < -0.39 is 5.82 Å². The highest BCUT2D eigenvalue weighted by atomic mass is 35.5. The van der Waals surface area contributed by atoms with Crippen molar-refractivity contribution in [3.05, 3.63) is 29.0 Å². The van der Waals surface area contributed by atoms with E-state index in [1.165, 1.54) is 23.1 Å². The third kappa shape index (κ3) is 3.88. The van der Waals surface area contributed by atoms with E-state index >= 15 is 0 Å². The lowest BCUT2D eigenvalue weighted by atomic mass is 9.97. The van der Waals surface area contributed by atoms with Gasteiger partial charge in [-0.15, -0.1) is 0 Å². The molecule has 2 rings (SSSR count). The minimum atomic E-state index is -0.528. The second kappa shape index (κ2) is 6.96. The zero-order valence-electron chi connectivity index (χ0n) is 12.6. The van der Waals surface area contributed by atoms with Crippen LogP contribution in [0, 0.1) is 11.7 Å². The van der Waals surface area contributed by atoms with Crippen LogP contribution in [0.25, 0.3) is 0 Å². The van der Waals surface area contributed by atoms with Crippen molar-refractivity contribution in [1.29, 1.82) is 0 Å². The fourth-order valence-corrected chi connectivity index (χ4v) is 2.65. The summed E-state index contributed by atoms with van der Waals surface area (Å²) >= 11 is 5.70. The van der Waals surface area contributed by atoms with Gasteiger partial charge in [-0.2, -0.15) is 0 Å². The van der Waals surface area contributed by atoms with Gasteiger partial charge in [0.15, 0.2) is 0 Å². The predicted octanol–water partition coefficient (Wildman–Crippen LogP) is 2.81. The maximum absolute atomic E-state index is 13.1. The summed E-state index contributed by atoms with van der Waals surface area (Å²) in [6.07, 6.45) is 1.50. The van der Waals surface area contributed by atoms with Crippen LogP contribution < -0.4 is 5.32 Å². The zero-order valence-corrected chi connectivity index (χ0v) is 13.4. The average molecular weight is 328 g/mol. The molecule has 1 N–H and O–H groups in total. The molecule has 0 bridgehead atoms. The van der Waals surface area contributed by atoms with Crippen LogP contribution in [0.2, 0.25) is 5.02 Å². The number of nitrogens with one attached hydrogen (secondary N) is 1. The molecule has 1 aliphatic rings. The third-order valence-corrected chi connectivity index (χ3v) is 3.92. The fourth-order valence-electron chi connectivity index (χ4n) is 2.47. The SMILES string of the molecule is CN(C)C(=O)N1CCCC(C(=O)Nc2ccc(F)c(Cl)c2)C1.